The van der Waals surface area contributed by atoms with E-state index in [4.69, 9.17) is 4.42 Å². The topological polar surface area (TPSA) is 91.9 Å². The van der Waals surface area contributed by atoms with E-state index >= 15 is 0 Å². The Morgan fingerprint density at radius 2 is 2.15 bits per heavy atom. The molecule has 0 spiro atoms. The van der Waals surface area contributed by atoms with E-state index in [9.17, 15) is 19.4 Å². The number of ether oxygens (including phenoxy) is 1. The SMILES string of the molecule is CCOC(=O)Nc1oc(-c2cccc(F)c2)c(O)c1O. The van der Waals surface area contributed by atoms with Gasteiger partial charge in [0.15, 0.2) is 5.76 Å². The number of hydrogen-bond acceptors (Lipinski definition) is 5. The van der Waals surface area contributed by atoms with E-state index in [1.54, 1.807) is 6.92 Å². The van der Waals surface area contributed by atoms with Crippen molar-refractivity contribution in [3.05, 3.63) is 30.1 Å². The monoisotopic (exact) mass is 281 g/mol. The van der Waals surface area contributed by atoms with Gasteiger partial charge in [-0.2, -0.15) is 0 Å². The number of carbonyl (C=O) groups excluding carboxylic acids is 1. The Kier molecular flexibility index (Phi) is 3.79. The maximum atomic E-state index is 13.1. The number of halogens is 1. The van der Waals surface area contributed by atoms with Gasteiger partial charge in [0, 0.05) is 5.56 Å². The number of nitrogens with one attached hydrogen (secondary N) is 1. The second kappa shape index (κ2) is 5.52. The van der Waals surface area contributed by atoms with E-state index in [1.165, 1.54) is 18.2 Å². The predicted octanol–water partition coefficient (Wildman–Crippen LogP) is 3.07. The zero-order valence-corrected chi connectivity index (χ0v) is 10.5. The number of benzene rings is 1. The lowest BCUT2D eigenvalue weighted by atomic mass is 10.1. The van der Waals surface area contributed by atoms with Crippen molar-refractivity contribution in [3.8, 4) is 22.8 Å². The van der Waals surface area contributed by atoms with Crippen LogP contribution in [0.5, 0.6) is 11.5 Å². The number of anilines is 1. The lowest BCUT2D eigenvalue weighted by Crippen LogP contribution is -2.12. The normalized spacial score (nSPS) is 10.3. The molecule has 20 heavy (non-hydrogen) atoms. The molecule has 6 nitrogen and oxygen atoms in total. The number of amides is 1. The zero-order valence-electron chi connectivity index (χ0n) is 10.5. The summed E-state index contributed by atoms with van der Waals surface area (Å²) in [4.78, 5) is 11.2. The van der Waals surface area contributed by atoms with E-state index in [-0.39, 0.29) is 23.8 Å². The second-order valence-corrected chi connectivity index (χ2v) is 3.81. The first kappa shape index (κ1) is 13.7. The molecule has 0 fully saturated rings. The van der Waals surface area contributed by atoms with Gasteiger partial charge in [-0.25, -0.2) is 9.18 Å². The summed E-state index contributed by atoms with van der Waals surface area (Å²) in [5.41, 5.74) is 0.217. The van der Waals surface area contributed by atoms with Crippen molar-refractivity contribution in [2.75, 3.05) is 11.9 Å². The van der Waals surface area contributed by atoms with Crippen LogP contribution in [-0.2, 0) is 4.74 Å². The van der Waals surface area contributed by atoms with Crippen LogP contribution in [0.3, 0.4) is 0 Å². The molecule has 1 aromatic heterocycles. The molecule has 0 bridgehead atoms. The van der Waals surface area contributed by atoms with Crippen molar-refractivity contribution in [3.63, 3.8) is 0 Å². The first-order valence-corrected chi connectivity index (χ1v) is 5.77. The van der Waals surface area contributed by atoms with Crippen molar-refractivity contribution in [2.24, 2.45) is 0 Å². The fraction of sp³-hybridized carbons (Fsp3) is 0.154. The van der Waals surface area contributed by atoms with Gasteiger partial charge in [-0.15, -0.1) is 0 Å². The van der Waals surface area contributed by atoms with Crippen LogP contribution >= 0.6 is 0 Å². The van der Waals surface area contributed by atoms with Gasteiger partial charge < -0.3 is 19.4 Å². The van der Waals surface area contributed by atoms with Crippen molar-refractivity contribution >= 4 is 12.0 Å². The Bertz CT molecular complexity index is 638. The average Bonchev–Trinajstić information content (AvgIpc) is 2.67. The highest BCUT2D eigenvalue weighted by Gasteiger charge is 2.22. The lowest BCUT2D eigenvalue weighted by Gasteiger charge is -2.01. The van der Waals surface area contributed by atoms with Crippen molar-refractivity contribution in [2.45, 2.75) is 6.92 Å². The largest absolute Gasteiger partial charge is 0.502 e. The number of furan rings is 1. The van der Waals surface area contributed by atoms with Crippen LogP contribution in [0.1, 0.15) is 6.92 Å². The molecule has 0 aliphatic rings. The molecule has 106 valence electrons. The fourth-order valence-electron chi connectivity index (χ4n) is 1.58. The molecule has 0 radical (unpaired) electrons. The number of aromatic hydroxyl groups is 2. The van der Waals surface area contributed by atoms with Gasteiger partial charge in [-0.05, 0) is 19.1 Å². The third kappa shape index (κ3) is 2.66. The van der Waals surface area contributed by atoms with Gasteiger partial charge in [-0.3, -0.25) is 5.32 Å². The molecule has 2 aromatic rings. The smallest absolute Gasteiger partial charge is 0.414 e. The Hall–Kier alpha value is -2.70. The van der Waals surface area contributed by atoms with Crippen LogP contribution in [0.2, 0.25) is 0 Å². The molecule has 7 heteroatoms. The van der Waals surface area contributed by atoms with Gasteiger partial charge in [0.25, 0.3) is 0 Å². The van der Waals surface area contributed by atoms with Crippen molar-refractivity contribution in [1.82, 2.24) is 0 Å². The minimum atomic E-state index is -0.845. The Balaban J connectivity index is 2.35. The molecule has 0 aliphatic heterocycles. The molecule has 1 heterocycles. The van der Waals surface area contributed by atoms with Gasteiger partial charge in [-0.1, -0.05) is 12.1 Å². The quantitative estimate of drug-likeness (QED) is 0.804. The summed E-state index contributed by atoms with van der Waals surface area (Å²) < 4.78 is 22.9. The van der Waals surface area contributed by atoms with Crippen molar-refractivity contribution < 1.29 is 28.6 Å². The third-order valence-electron chi connectivity index (χ3n) is 2.44. The number of carbonyl (C=O) groups is 1. The highest BCUT2D eigenvalue weighted by atomic mass is 19.1. The molecule has 0 atom stereocenters. The molecule has 0 saturated carbocycles. The Morgan fingerprint density at radius 3 is 2.80 bits per heavy atom. The lowest BCUT2D eigenvalue weighted by molar-refractivity contribution is 0.167. The summed E-state index contributed by atoms with van der Waals surface area (Å²) in [6, 6.07) is 5.24. The molecule has 0 unspecified atom stereocenters. The highest BCUT2D eigenvalue weighted by Crippen LogP contribution is 2.45. The van der Waals surface area contributed by atoms with Crippen LogP contribution in [0.15, 0.2) is 28.7 Å². The fourth-order valence-corrected chi connectivity index (χ4v) is 1.58. The van der Waals surface area contributed by atoms with E-state index in [1.807, 2.05) is 0 Å². The molecular weight excluding hydrogens is 269 g/mol. The Morgan fingerprint density at radius 1 is 1.40 bits per heavy atom. The minimum absolute atomic E-state index is 0.135. The Labute approximate surface area is 113 Å². The second-order valence-electron chi connectivity index (χ2n) is 3.81. The molecule has 1 amide bonds. The van der Waals surface area contributed by atoms with E-state index in [0.29, 0.717) is 0 Å². The predicted molar refractivity (Wildman–Crippen MR) is 68.1 cm³/mol. The van der Waals surface area contributed by atoms with Gasteiger partial charge in [0.1, 0.15) is 5.82 Å². The van der Waals surface area contributed by atoms with E-state index in [0.717, 1.165) is 6.07 Å². The summed E-state index contributed by atoms with van der Waals surface area (Å²) in [6.07, 6.45) is -0.845. The number of rotatable bonds is 3. The third-order valence-corrected chi connectivity index (χ3v) is 2.44. The minimum Gasteiger partial charge on any atom is -0.502 e. The first-order chi connectivity index (χ1) is 9.52. The number of hydrogen-bond donors (Lipinski definition) is 3. The van der Waals surface area contributed by atoms with Crippen LogP contribution < -0.4 is 5.32 Å². The molecule has 0 saturated heterocycles. The van der Waals surface area contributed by atoms with Crippen LogP contribution in [-0.4, -0.2) is 22.9 Å². The summed E-state index contributed by atoms with van der Waals surface area (Å²) in [5.74, 6) is -2.31. The zero-order chi connectivity index (χ0) is 14.7. The van der Waals surface area contributed by atoms with Crippen LogP contribution in [0, 0.1) is 5.82 Å². The molecule has 2 rings (SSSR count). The molecule has 3 N–H and O–H groups in total. The van der Waals surface area contributed by atoms with E-state index in [2.05, 4.69) is 10.1 Å². The van der Waals surface area contributed by atoms with Crippen molar-refractivity contribution in [1.29, 1.82) is 0 Å². The summed E-state index contributed by atoms with van der Waals surface area (Å²) in [7, 11) is 0. The van der Waals surface area contributed by atoms with Crippen LogP contribution in [0.25, 0.3) is 11.3 Å². The summed E-state index contributed by atoms with van der Waals surface area (Å²) in [5, 5.41) is 21.5. The van der Waals surface area contributed by atoms with E-state index < -0.39 is 23.4 Å². The standard InChI is InChI=1S/C13H12FNO5/c1-2-19-13(18)15-12-10(17)9(16)11(20-12)7-4-3-5-8(14)6-7/h3-6,16-17H,2H2,1H3,(H,15,18). The molecule has 1 aromatic carbocycles. The van der Waals surface area contributed by atoms with Gasteiger partial charge >= 0.3 is 6.09 Å². The summed E-state index contributed by atoms with van der Waals surface area (Å²) >= 11 is 0. The maximum absolute atomic E-state index is 13.1. The maximum Gasteiger partial charge on any atom is 0.414 e. The summed E-state index contributed by atoms with van der Waals surface area (Å²) in [6.45, 7) is 1.74. The first-order valence-electron chi connectivity index (χ1n) is 5.77. The van der Waals surface area contributed by atoms with Crippen LogP contribution in [0.4, 0.5) is 15.1 Å². The molecule has 0 aliphatic carbocycles. The highest BCUT2D eigenvalue weighted by molar-refractivity contribution is 5.87. The van der Waals surface area contributed by atoms with Gasteiger partial charge in [0.2, 0.25) is 17.4 Å². The average molecular weight is 281 g/mol. The molecular formula is C13H12FNO5. The van der Waals surface area contributed by atoms with Gasteiger partial charge in [0.05, 0.1) is 6.61 Å².